The number of nitro groups is 1. The van der Waals surface area contributed by atoms with E-state index in [1.165, 1.54) is 12.1 Å². The van der Waals surface area contributed by atoms with Gasteiger partial charge in [0.05, 0.1) is 17.6 Å². The second-order valence-electron chi connectivity index (χ2n) is 4.55. The summed E-state index contributed by atoms with van der Waals surface area (Å²) in [6, 6.07) is 15.1. The number of rotatable bonds is 5. The Hall–Kier alpha value is -2.51. The second-order valence-corrected chi connectivity index (χ2v) is 4.96. The minimum atomic E-state index is -0.461. The average Bonchev–Trinajstić information content (AvgIpc) is 2.54. The monoisotopic (exact) mass is 317 g/mol. The van der Waals surface area contributed by atoms with Crippen molar-refractivity contribution in [3.63, 3.8) is 0 Å². The third-order valence-electron chi connectivity index (χ3n) is 3.03. The van der Waals surface area contributed by atoms with Crippen LogP contribution in [0.2, 0.25) is 0 Å². The molecule has 0 amide bonds. The van der Waals surface area contributed by atoms with Gasteiger partial charge in [0.1, 0.15) is 0 Å². The molecule has 114 valence electrons. The van der Waals surface area contributed by atoms with Crippen LogP contribution in [-0.4, -0.2) is 21.7 Å². The normalized spacial score (nSPS) is 11.5. The third kappa shape index (κ3) is 4.24. The highest BCUT2D eigenvalue weighted by Crippen LogP contribution is 2.16. The first-order chi connectivity index (χ1) is 10.6. The quantitative estimate of drug-likeness (QED) is 0.446. The number of nitrogens with one attached hydrogen (secondary N) is 2. The van der Waals surface area contributed by atoms with Gasteiger partial charge in [0, 0.05) is 17.8 Å². The van der Waals surface area contributed by atoms with Crippen LogP contribution in [0.25, 0.3) is 0 Å². The average molecular weight is 317 g/mol. The minimum Gasteiger partial charge on any atom is -0.394 e. The Kier molecular flexibility index (Phi) is 5.40. The summed E-state index contributed by atoms with van der Waals surface area (Å²) in [6.45, 7) is -0.105. The molecule has 6 nitrogen and oxygen atoms in total. The highest BCUT2D eigenvalue weighted by atomic mass is 32.1. The summed E-state index contributed by atoms with van der Waals surface area (Å²) in [5.74, 6) is 0. The fraction of sp³-hybridized carbons (Fsp3) is 0.133. The molecule has 0 fully saturated rings. The Morgan fingerprint density at radius 1 is 1.18 bits per heavy atom. The summed E-state index contributed by atoms with van der Waals surface area (Å²) in [4.78, 5) is 10.1. The predicted molar refractivity (Wildman–Crippen MR) is 88.7 cm³/mol. The Labute approximate surface area is 132 Å². The number of nitrogens with zero attached hydrogens (tertiary/aromatic N) is 1. The molecule has 0 aliphatic carbocycles. The molecule has 0 spiro atoms. The van der Waals surface area contributed by atoms with Gasteiger partial charge >= 0.3 is 0 Å². The number of non-ortho nitro benzene ring substituents is 1. The van der Waals surface area contributed by atoms with Gasteiger partial charge in [0.2, 0.25) is 0 Å². The van der Waals surface area contributed by atoms with Crippen molar-refractivity contribution in [2.24, 2.45) is 0 Å². The van der Waals surface area contributed by atoms with E-state index in [4.69, 9.17) is 12.2 Å². The summed E-state index contributed by atoms with van der Waals surface area (Å²) in [5, 5.41) is 26.3. The van der Waals surface area contributed by atoms with Crippen molar-refractivity contribution in [3.8, 4) is 0 Å². The van der Waals surface area contributed by atoms with E-state index < -0.39 is 4.92 Å². The van der Waals surface area contributed by atoms with Gasteiger partial charge in [-0.05, 0) is 29.9 Å². The standard InChI is InChI=1S/C15H15N3O3S/c19-10-14(11-4-2-1-3-5-11)17-15(22)16-12-6-8-13(9-7-12)18(20)21/h1-9,14,19H,10H2,(H2,16,17,22)/t14-/m1/s1. The molecule has 0 unspecified atom stereocenters. The van der Waals surface area contributed by atoms with Crippen LogP contribution in [0.4, 0.5) is 11.4 Å². The van der Waals surface area contributed by atoms with Crippen LogP contribution in [-0.2, 0) is 0 Å². The van der Waals surface area contributed by atoms with E-state index in [-0.39, 0.29) is 18.3 Å². The lowest BCUT2D eigenvalue weighted by Gasteiger charge is -2.19. The third-order valence-corrected chi connectivity index (χ3v) is 3.25. The second kappa shape index (κ2) is 7.48. The van der Waals surface area contributed by atoms with E-state index in [2.05, 4.69) is 10.6 Å². The van der Waals surface area contributed by atoms with Crippen molar-refractivity contribution in [2.45, 2.75) is 6.04 Å². The summed E-state index contributed by atoms with van der Waals surface area (Å²) >= 11 is 5.20. The molecule has 7 heteroatoms. The van der Waals surface area contributed by atoms with E-state index in [0.29, 0.717) is 10.8 Å². The summed E-state index contributed by atoms with van der Waals surface area (Å²) in [7, 11) is 0. The van der Waals surface area contributed by atoms with Crippen molar-refractivity contribution in [1.82, 2.24) is 5.32 Å². The van der Waals surface area contributed by atoms with Crippen molar-refractivity contribution >= 4 is 28.7 Å². The number of aliphatic hydroxyl groups is 1. The molecule has 2 rings (SSSR count). The lowest BCUT2D eigenvalue weighted by atomic mass is 10.1. The van der Waals surface area contributed by atoms with Crippen LogP contribution in [0.5, 0.6) is 0 Å². The zero-order valence-electron chi connectivity index (χ0n) is 11.6. The first-order valence-electron chi connectivity index (χ1n) is 6.58. The van der Waals surface area contributed by atoms with Crippen LogP contribution in [0.3, 0.4) is 0 Å². The molecule has 1 atom stereocenters. The van der Waals surface area contributed by atoms with Crippen LogP contribution in [0.15, 0.2) is 54.6 Å². The molecule has 2 aromatic rings. The molecule has 0 aromatic heterocycles. The number of benzene rings is 2. The molecule has 0 saturated carbocycles. The van der Waals surface area contributed by atoms with Crippen LogP contribution in [0, 0.1) is 10.1 Å². The molecular weight excluding hydrogens is 302 g/mol. The fourth-order valence-corrected chi connectivity index (χ4v) is 2.17. The molecule has 0 aliphatic heterocycles. The van der Waals surface area contributed by atoms with Gasteiger partial charge in [0.15, 0.2) is 5.11 Å². The van der Waals surface area contributed by atoms with Gasteiger partial charge in [-0.1, -0.05) is 30.3 Å². The highest BCUT2D eigenvalue weighted by molar-refractivity contribution is 7.80. The number of hydrogen-bond acceptors (Lipinski definition) is 4. The lowest BCUT2D eigenvalue weighted by molar-refractivity contribution is -0.384. The van der Waals surface area contributed by atoms with Crippen LogP contribution < -0.4 is 10.6 Å². The first-order valence-corrected chi connectivity index (χ1v) is 6.99. The molecular formula is C15H15N3O3S. The van der Waals surface area contributed by atoms with Gasteiger partial charge in [-0.2, -0.15) is 0 Å². The van der Waals surface area contributed by atoms with E-state index in [1.807, 2.05) is 30.3 Å². The van der Waals surface area contributed by atoms with Crippen LogP contribution >= 0.6 is 12.2 Å². The van der Waals surface area contributed by atoms with Gasteiger partial charge < -0.3 is 15.7 Å². The maximum Gasteiger partial charge on any atom is 0.269 e. The van der Waals surface area contributed by atoms with Gasteiger partial charge in [-0.3, -0.25) is 10.1 Å². The SMILES string of the molecule is O=[N+]([O-])c1ccc(NC(=S)N[C@H](CO)c2ccccc2)cc1. The number of hydrogen-bond donors (Lipinski definition) is 3. The van der Waals surface area contributed by atoms with E-state index in [1.54, 1.807) is 12.1 Å². The van der Waals surface area contributed by atoms with Crippen molar-refractivity contribution in [3.05, 3.63) is 70.3 Å². The molecule has 0 heterocycles. The number of nitro benzene ring substituents is 1. The predicted octanol–water partition coefficient (Wildman–Crippen LogP) is 2.61. The van der Waals surface area contributed by atoms with Crippen molar-refractivity contribution < 1.29 is 10.0 Å². The van der Waals surface area contributed by atoms with E-state index >= 15 is 0 Å². The number of thiocarbonyl (C=S) groups is 1. The van der Waals surface area contributed by atoms with Crippen molar-refractivity contribution in [2.75, 3.05) is 11.9 Å². The molecule has 0 aliphatic rings. The number of anilines is 1. The molecule has 22 heavy (non-hydrogen) atoms. The topological polar surface area (TPSA) is 87.4 Å². The van der Waals surface area contributed by atoms with Gasteiger partial charge in [0.25, 0.3) is 5.69 Å². The maximum absolute atomic E-state index is 10.6. The highest BCUT2D eigenvalue weighted by Gasteiger charge is 2.11. The molecule has 0 radical (unpaired) electrons. The summed E-state index contributed by atoms with van der Waals surface area (Å²) in [6.07, 6.45) is 0. The molecule has 0 bridgehead atoms. The summed E-state index contributed by atoms with van der Waals surface area (Å²) < 4.78 is 0. The largest absolute Gasteiger partial charge is 0.394 e. The van der Waals surface area contributed by atoms with Gasteiger partial charge in [-0.25, -0.2) is 0 Å². The van der Waals surface area contributed by atoms with E-state index in [0.717, 1.165) is 5.56 Å². The van der Waals surface area contributed by atoms with Crippen LogP contribution in [0.1, 0.15) is 11.6 Å². The van der Waals surface area contributed by atoms with Gasteiger partial charge in [-0.15, -0.1) is 0 Å². The summed E-state index contributed by atoms with van der Waals surface area (Å²) in [5.41, 5.74) is 1.56. The first kappa shape index (κ1) is 15.9. The Bertz CT molecular complexity index is 647. The zero-order valence-corrected chi connectivity index (χ0v) is 12.4. The molecule has 2 aromatic carbocycles. The Morgan fingerprint density at radius 2 is 1.82 bits per heavy atom. The molecule has 3 N–H and O–H groups in total. The fourth-order valence-electron chi connectivity index (χ4n) is 1.91. The maximum atomic E-state index is 10.6. The van der Waals surface area contributed by atoms with Crippen molar-refractivity contribution in [1.29, 1.82) is 0 Å². The lowest BCUT2D eigenvalue weighted by Crippen LogP contribution is -2.34. The number of aliphatic hydroxyl groups excluding tert-OH is 1. The minimum absolute atomic E-state index is 0.0157. The Morgan fingerprint density at radius 3 is 2.36 bits per heavy atom. The van der Waals surface area contributed by atoms with E-state index in [9.17, 15) is 15.2 Å². The smallest absolute Gasteiger partial charge is 0.269 e. The Balaban J connectivity index is 1.98. The molecule has 0 saturated heterocycles. The zero-order chi connectivity index (χ0) is 15.9.